The van der Waals surface area contributed by atoms with Gasteiger partial charge in [0, 0.05) is 12.7 Å². The SMILES string of the molecule is CC1CCCNC1C(=O)N(C)c1ccc(C#N)cc1. The van der Waals surface area contributed by atoms with Crippen LogP contribution in [0.1, 0.15) is 25.3 Å². The first-order valence-electron chi connectivity index (χ1n) is 6.64. The molecule has 4 heteroatoms. The predicted molar refractivity (Wildman–Crippen MR) is 74.8 cm³/mol. The largest absolute Gasteiger partial charge is 0.314 e. The molecular formula is C15H19N3O. The van der Waals surface area contributed by atoms with Gasteiger partial charge >= 0.3 is 0 Å². The van der Waals surface area contributed by atoms with Crippen LogP contribution in [0.15, 0.2) is 24.3 Å². The van der Waals surface area contributed by atoms with Crippen molar-refractivity contribution in [3.8, 4) is 6.07 Å². The van der Waals surface area contributed by atoms with Gasteiger partial charge in [0.1, 0.15) is 0 Å². The second kappa shape index (κ2) is 5.85. The lowest BCUT2D eigenvalue weighted by molar-refractivity contribution is -0.121. The quantitative estimate of drug-likeness (QED) is 0.880. The maximum absolute atomic E-state index is 12.5. The fourth-order valence-electron chi connectivity index (χ4n) is 2.48. The number of benzene rings is 1. The Morgan fingerprint density at radius 2 is 2.11 bits per heavy atom. The Morgan fingerprint density at radius 1 is 1.42 bits per heavy atom. The molecule has 4 nitrogen and oxygen atoms in total. The van der Waals surface area contributed by atoms with Gasteiger partial charge in [-0.05, 0) is 49.6 Å². The summed E-state index contributed by atoms with van der Waals surface area (Å²) < 4.78 is 0. The number of hydrogen-bond acceptors (Lipinski definition) is 3. The highest BCUT2D eigenvalue weighted by Gasteiger charge is 2.29. The van der Waals surface area contributed by atoms with Gasteiger partial charge in [0.15, 0.2) is 0 Å². The molecule has 1 aromatic carbocycles. The maximum atomic E-state index is 12.5. The van der Waals surface area contributed by atoms with Crippen molar-refractivity contribution in [2.75, 3.05) is 18.5 Å². The molecule has 1 amide bonds. The molecule has 2 rings (SSSR count). The Kier molecular flexibility index (Phi) is 4.18. The topological polar surface area (TPSA) is 56.1 Å². The van der Waals surface area contributed by atoms with E-state index >= 15 is 0 Å². The summed E-state index contributed by atoms with van der Waals surface area (Å²) in [7, 11) is 1.78. The van der Waals surface area contributed by atoms with Gasteiger partial charge in [0.25, 0.3) is 0 Å². The van der Waals surface area contributed by atoms with Crippen molar-refractivity contribution in [2.24, 2.45) is 5.92 Å². The zero-order valence-electron chi connectivity index (χ0n) is 11.4. The first-order valence-corrected chi connectivity index (χ1v) is 6.64. The van der Waals surface area contributed by atoms with Gasteiger partial charge in [0.05, 0.1) is 17.7 Å². The van der Waals surface area contributed by atoms with Gasteiger partial charge in [-0.3, -0.25) is 4.79 Å². The minimum atomic E-state index is -0.102. The third-order valence-electron chi connectivity index (χ3n) is 3.75. The van der Waals surface area contributed by atoms with E-state index < -0.39 is 0 Å². The number of piperidine rings is 1. The Labute approximate surface area is 114 Å². The molecule has 1 aliphatic heterocycles. The number of hydrogen-bond donors (Lipinski definition) is 1. The number of nitriles is 1. The molecule has 1 heterocycles. The maximum Gasteiger partial charge on any atom is 0.244 e. The molecule has 2 atom stereocenters. The van der Waals surface area contributed by atoms with Crippen LogP contribution in [0.25, 0.3) is 0 Å². The summed E-state index contributed by atoms with van der Waals surface area (Å²) >= 11 is 0. The van der Waals surface area contributed by atoms with E-state index in [1.807, 2.05) is 12.1 Å². The van der Waals surface area contributed by atoms with Crippen LogP contribution in [0.5, 0.6) is 0 Å². The highest BCUT2D eigenvalue weighted by molar-refractivity contribution is 5.97. The number of likely N-dealkylation sites (N-methyl/N-ethyl adjacent to an activating group) is 1. The van der Waals surface area contributed by atoms with E-state index in [2.05, 4.69) is 18.3 Å². The fraction of sp³-hybridized carbons (Fsp3) is 0.467. The van der Waals surface area contributed by atoms with Crippen molar-refractivity contribution in [1.29, 1.82) is 5.26 Å². The van der Waals surface area contributed by atoms with E-state index in [0.717, 1.165) is 25.1 Å². The van der Waals surface area contributed by atoms with Crippen molar-refractivity contribution >= 4 is 11.6 Å². The molecule has 1 saturated heterocycles. The predicted octanol–water partition coefficient (Wildman–Crippen LogP) is 1.91. The summed E-state index contributed by atoms with van der Waals surface area (Å²) in [5, 5.41) is 12.1. The van der Waals surface area contributed by atoms with E-state index in [-0.39, 0.29) is 11.9 Å². The molecule has 1 fully saturated rings. The molecular weight excluding hydrogens is 238 g/mol. The van der Waals surface area contributed by atoms with Gasteiger partial charge in [-0.15, -0.1) is 0 Å². The second-order valence-corrected chi connectivity index (χ2v) is 5.11. The van der Waals surface area contributed by atoms with Gasteiger partial charge < -0.3 is 10.2 Å². The fourth-order valence-corrected chi connectivity index (χ4v) is 2.48. The first kappa shape index (κ1) is 13.6. The summed E-state index contributed by atoms with van der Waals surface area (Å²) in [5.41, 5.74) is 1.43. The van der Waals surface area contributed by atoms with Gasteiger partial charge in [-0.25, -0.2) is 0 Å². The van der Waals surface area contributed by atoms with E-state index in [1.54, 1.807) is 24.1 Å². The molecule has 2 unspecified atom stereocenters. The van der Waals surface area contributed by atoms with Gasteiger partial charge in [0.2, 0.25) is 5.91 Å². The number of nitrogens with one attached hydrogen (secondary N) is 1. The standard InChI is InChI=1S/C15H19N3O/c1-11-4-3-9-17-14(11)15(19)18(2)13-7-5-12(10-16)6-8-13/h5-8,11,14,17H,3-4,9H2,1-2H3. The molecule has 0 bridgehead atoms. The lowest BCUT2D eigenvalue weighted by Gasteiger charge is -2.32. The Morgan fingerprint density at radius 3 is 2.68 bits per heavy atom. The van der Waals surface area contributed by atoms with Crippen molar-refractivity contribution in [3.63, 3.8) is 0 Å². The van der Waals surface area contributed by atoms with Crippen LogP contribution >= 0.6 is 0 Å². The minimum absolute atomic E-state index is 0.0944. The number of anilines is 1. The van der Waals surface area contributed by atoms with Crippen LogP contribution in [0, 0.1) is 17.2 Å². The molecule has 0 spiro atoms. The van der Waals surface area contributed by atoms with Crippen molar-refractivity contribution in [1.82, 2.24) is 5.32 Å². The molecule has 0 aromatic heterocycles. The minimum Gasteiger partial charge on any atom is -0.314 e. The smallest absolute Gasteiger partial charge is 0.244 e. The summed E-state index contributed by atoms with van der Waals surface area (Å²) in [6.07, 6.45) is 2.22. The van der Waals surface area contributed by atoms with E-state index in [0.29, 0.717) is 11.5 Å². The Balaban J connectivity index is 2.11. The summed E-state index contributed by atoms with van der Waals surface area (Å²) in [5.74, 6) is 0.457. The molecule has 0 radical (unpaired) electrons. The normalized spacial score (nSPS) is 22.6. The number of rotatable bonds is 2. The van der Waals surface area contributed by atoms with Crippen molar-refractivity contribution < 1.29 is 4.79 Å². The van der Waals surface area contributed by atoms with Crippen LogP contribution in [-0.2, 0) is 4.79 Å². The van der Waals surface area contributed by atoms with E-state index in [9.17, 15) is 4.79 Å². The number of carbonyl (C=O) groups excluding carboxylic acids is 1. The zero-order chi connectivity index (χ0) is 13.8. The highest BCUT2D eigenvalue weighted by atomic mass is 16.2. The monoisotopic (exact) mass is 257 g/mol. The molecule has 19 heavy (non-hydrogen) atoms. The summed E-state index contributed by atoms with van der Waals surface area (Å²) in [6.45, 7) is 3.02. The third-order valence-corrected chi connectivity index (χ3v) is 3.75. The van der Waals surface area contributed by atoms with Crippen molar-refractivity contribution in [2.45, 2.75) is 25.8 Å². The lowest BCUT2D eigenvalue weighted by Crippen LogP contribution is -2.51. The van der Waals surface area contributed by atoms with Crippen LogP contribution < -0.4 is 10.2 Å². The van der Waals surface area contributed by atoms with Crippen LogP contribution in [0.4, 0.5) is 5.69 Å². The zero-order valence-corrected chi connectivity index (χ0v) is 11.4. The average molecular weight is 257 g/mol. The molecule has 1 N–H and O–H groups in total. The lowest BCUT2D eigenvalue weighted by atomic mass is 9.92. The number of carbonyl (C=O) groups is 1. The Hall–Kier alpha value is -1.86. The second-order valence-electron chi connectivity index (χ2n) is 5.11. The van der Waals surface area contributed by atoms with Crippen molar-refractivity contribution in [3.05, 3.63) is 29.8 Å². The highest BCUT2D eigenvalue weighted by Crippen LogP contribution is 2.20. The van der Waals surface area contributed by atoms with Crippen LogP contribution in [0.2, 0.25) is 0 Å². The summed E-state index contributed by atoms with van der Waals surface area (Å²) in [6, 6.07) is 9.06. The molecule has 0 saturated carbocycles. The van der Waals surface area contributed by atoms with Crippen LogP contribution in [0.3, 0.4) is 0 Å². The Bertz CT molecular complexity index is 489. The van der Waals surface area contributed by atoms with Crippen LogP contribution in [-0.4, -0.2) is 25.5 Å². The number of amides is 1. The molecule has 1 aromatic rings. The third kappa shape index (κ3) is 2.94. The van der Waals surface area contributed by atoms with Gasteiger partial charge in [-0.2, -0.15) is 5.26 Å². The molecule has 0 aliphatic carbocycles. The van der Waals surface area contributed by atoms with E-state index in [1.165, 1.54) is 0 Å². The molecule has 100 valence electrons. The van der Waals surface area contributed by atoms with Gasteiger partial charge in [-0.1, -0.05) is 6.92 Å². The summed E-state index contributed by atoms with van der Waals surface area (Å²) in [4.78, 5) is 14.1. The average Bonchev–Trinajstić information content (AvgIpc) is 2.46. The van der Waals surface area contributed by atoms with E-state index in [4.69, 9.17) is 5.26 Å². The molecule has 1 aliphatic rings. The number of nitrogens with zero attached hydrogens (tertiary/aromatic N) is 2. The first-order chi connectivity index (χ1) is 9.13.